The molecule has 1 unspecified atom stereocenters. The highest BCUT2D eigenvalue weighted by Crippen LogP contribution is 2.46. The molecule has 0 radical (unpaired) electrons. The van der Waals surface area contributed by atoms with Crippen LogP contribution in [0.3, 0.4) is 0 Å². The van der Waals surface area contributed by atoms with Crippen LogP contribution in [0.4, 0.5) is 0 Å². The first-order chi connectivity index (χ1) is 14.4. The number of aromatic nitrogens is 2. The highest BCUT2D eigenvalue weighted by atomic mass is 16.1. The van der Waals surface area contributed by atoms with Crippen LogP contribution in [0.1, 0.15) is 69.3 Å². The highest BCUT2D eigenvalue weighted by molar-refractivity contribution is 6.01. The molecule has 1 aromatic carbocycles. The van der Waals surface area contributed by atoms with Crippen LogP contribution < -0.4 is 0 Å². The van der Waals surface area contributed by atoms with Crippen molar-refractivity contribution >= 4 is 12.0 Å². The molecule has 2 heterocycles. The van der Waals surface area contributed by atoms with Gasteiger partial charge in [-0.15, -0.1) is 0 Å². The zero-order valence-electron chi connectivity index (χ0n) is 18.3. The average Bonchev–Trinajstić information content (AvgIpc) is 2.88. The van der Waals surface area contributed by atoms with E-state index in [-0.39, 0.29) is 11.7 Å². The first-order valence-corrected chi connectivity index (χ1v) is 10.8. The molecule has 0 amide bonds. The molecule has 4 nitrogen and oxygen atoms in total. The van der Waals surface area contributed by atoms with Gasteiger partial charge < -0.3 is 0 Å². The highest BCUT2D eigenvalue weighted by Gasteiger charge is 2.45. The average molecular weight is 400 g/mol. The number of hydrogen-bond donors (Lipinski definition) is 0. The number of fused-ring (bicyclic) bond motifs is 1. The van der Waals surface area contributed by atoms with E-state index >= 15 is 0 Å². The van der Waals surface area contributed by atoms with Gasteiger partial charge in [0.05, 0.1) is 0 Å². The van der Waals surface area contributed by atoms with Crippen molar-refractivity contribution in [3.8, 4) is 11.1 Å². The second-order valence-electron chi connectivity index (χ2n) is 8.79. The molecule has 0 fully saturated rings. The zero-order chi connectivity index (χ0) is 21.3. The van der Waals surface area contributed by atoms with E-state index in [1.54, 1.807) is 0 Å². The van der Waals surface area contributed by atoms with Crippen LogP contribution in [0, 0.1) is 6.92 Å². The van der Waals surface area contributed by atoms with Gasteiger partial charge in [-0.05, 0) is 68.4 Å². The molecule has 1 aromatic heterocycles. The topological polar surface area (TPSA) is 55.2 Å². The number of aryl methyl sites for hydroxylation is 1. The molecule has 0 saturated heterocycles. The van der Waals surface area contributed by atoms with Crippen molar-refractivity contribution in [1.29, 1.82) is 0 Å². The summed E-state index contributed by atoms with van der Waals surface area (Å²) in [6.45, 7) is 8.13. The quantitative estimate of drug-likeness (QED) is 0.632. The number of benzene rings is 1. The largest absolute Gasteiger partial charge is 0.298 e. The summed E-state index contributed by atoms with van der Waals surface area (Å²) >= 11 is 0. The van der Waals surface area contributed by atoms with Gasteiger partial charge in [0.2, 0.25) is 0 Å². The SMILES string of the molecule is CCCC1=CCC=C(CC2C(=O)C(C)(C)c3ccc(-c4cnc(C)nc4)cc32)C=N1. The third-order valence-corrected chi connectivity index (χ3v) is 6.22. The molecule has 1 atom stereocenters. The second kappa shape index (κ2) is 8.10. The fourth-order valence-electron chi connectivity index (χ4n) is 4.47. The molecular weight excluding hydrogens is 370 g/mol. The van der Waals surface area contributed by atoms with Gasteiger partial charge >= 0.3 is 0 Å². The molecule has 0 N–H and O–H groups in total. The standard InChI is InChI=1S/C26H29N3O/c1-5-7-21-9-6-8-18(14-29-21)12-23-22-13-19(20-15-27-17(2)28-16-20)10-11-24(22)26(3,4)25(23)30/h8-11,13-16,23H,5-7,12H2,1-4H3. The Balaban J connectivity index is 1.66. The maximum atomic E-state index is 13.4. The Hall–Kier alpha value is -2.88. The number of aliphatic imine (C=N–C) groups is 1. The number of hydrogen-bond acceptors (Lipinski definition) is 4. The molecule has 0 saturated carbocycles. The third-order valence-electron chi connectivity index (χ3n) is 6.22. The minimum atomic E-state index is -0.476. The Kier molecular flexibility index (Phi) is 5.50. The monoisotopic (exact) mass is 399 g/mol. The van der Waals surface area contributed by atoms with Gasteiger partial charge in [-0.25, -0.2) is 9.97 Å². The normalized spacial score (nSPS) is 19.9. The number of carbonyl (C=O) groups excluding carboxylic acids is 1. The molecule has 2 aliphatic rings. The van der Waals surface area contributed by atoms with Gasteiger partial charge in [-0.3, -0.25) is 9.79 Å². The lowest BCUT2D eigenvalue weighted by molar-refractivity contribution is -0.123. The number of nitrogens with zero attached hydrogens (tertiary/aromatic N) is 3. The first kappa shape index (κ1) is 20.4. The summed E-state index contributed by atoms with van der Waals surface area (Å²) in [5.41, 5.74) is 6.10. The molecule has 30 heavy (non-hydrogen) atoms. The maximum Gasteiger partial charge on any atom is 0.150 e. The number of Topliss-reactive ketones (excluding diaryl/α,β-unsaturated/α-hetero) is 1. The van der Waals surface area contributed by atoms with Crippen molar-refractivity contribution in [2.45, 2.75) is 64.7 Å². The number of carbonyl (C=O) groups is 1. The molecule has 154 valence electrons. The zero-order valence-corrected chi connectivity index (χ0v) is 18.3. The molecule has 1 aliphatic carbocycles. The maximum absolute atomic E-state index is 13.4. The Morgan fingerprint density at radius 3 is 2.60 bits per heavy atom. The van der Waals surface area contributed by atoms with Gasteiger partial charge in [-0.2, -0.15) is 0 Å². The van der Waals surface area contributed by atoms with Crippen molar-refractivity contribution in [3.05, 3.63) is 71.0 Å². The van der Waals surface area contributed by atoms with Crippen LogP contribution in [0.5, 0.6) is 0 Å². The summed E-state index contributed by atoms with van der Waals surface area (Å²) in [5, 5.41) is 0. The van der Waals surface area contributed by atoms with E-state index in [1.165, 1.54) is 0 Å². The van der Waals surface area contributed by atoms with Crippen LogP contribution in [-0.2, 0) is 10.2 Å². The van der Waals surface area contributed by atoms with E-state index in [1.807, 2.05) is 39.4 Å². The number of allylic oxidation sites excluding steroid dienone is 4. The van der Waals surface area contributed by atoms with Gasteiger partial charge in [0.1, 0.15) is 5.82 Å². The fourth-order valence-corrected chi connectivity index (χ4v) is 4.47. The van der Waals surface area contributed by atoms with E-state index in [0.717, 1.165) is 58.6 Å². The summed E-state index contributed by atoms with van der Waals surface area (Å²) < 4.78 is 0. The summed E-state index contributed by atoms with van der Waals surface area (Å²) in [7, 11) is 0. The molecule has 0 bridgehead atoms. The van der Waals surface area contributed by atoms with Crippen LogP contribution in [0.15, 0.2) is 59.0 Å². The van der Waals surface area contributed by atoms with Gasteiger partial charge in [-0.1, -0.05) is 37.6 Å². The fraction of sp³-hybridized carbons (Fsp3) is 0.385. The lowest BCUT2D eigenvalue weighted by Crippen LogP contribution is -2.26. The van der Waals surface area contributed by atoms with Crippen molar-refractivity contribution < 1.29 is 4.79 Å². The molecular formula is C26H29N3O. The predicted octanol–water partition coefficient (Wildman–Crippen LogP) is 5.87. The Morgan fingerprint density at radius 2 is 1.87 bits per heavy atom. The van der Waals surface area contributed by atoms with Crippen molar-refractivity contribution in [1.82, 2.24) is 9.97 Å². The number of ketones is 1. The molecule has 1 aliphatic heterocycles. The number of rotatable bonds is 5. The van der Waals surface area contributed by atoms with E-state index < -0.39 is 5.41 Å². The van der Waals surface area contributed by atoms with E-state index in [9.17, 15) is 4.79 Å². The van der Waals surface area contributed by atoms with Crippen molar-refractivity contribution in [2.75, 3.05) is 0 Å². The minimum Gasteiger partial charge on any atom is -0.298 e. The lowest BCUT2D eigenvalue weighted by Gasteiger charge is -2.18. The molecule has 2 aromatic rings. The van der Waals surface area contributed by atoms with Gasteiger partial charge in [0, 0.05) is 41.2 Å². The van der Waals surface area contributed by atoms with Crippen LogP contribution in [0.25, 0.3) is 11.1 Å². The molecule has 4 heteroatoms. The minimum absolute atomic E-state index is 0.147. The van der Waals surface area contributed by atoms with Crippen LogP contribution in [0.2, 0.25) is 0 Å². The predicted molar refractivity (Wildman–Crippen MR) is 122 cm³/mol. The summed E-state index contributed by atoms with van der Waals surface area (Å²) in [4.78, 5) is 26.7. The van der Waals surface area contributed by atoms with E-state index in [0.29, 0.717) is 6.42 Å². The van der Waals surface area contributed by atoms with E-state index in [2.05, 4.69) is 52.2 Å². The van der Waals surface area contributed by atoms with Crippen LogP contribution >= 0.6 is 0 Å². The first-order valence-electron chi connectivity index (χ1n) is 10.8. The van der Waals surface area contributed by atoms with Gasteiger partial charge in [0.25, 0.3) is 0 Å². The molecule has 4 rings (SSSR count). The smallest absolute Gasteiger partial charge is 0.150 e. The summed E-state index contributed by atoms with van der Waals surface area (Å²) in [6, 6.07) is 6.35. The van der Waals surface area contributed by atoms with Crippen LogP contribution in [-0.4, -0.2) is 22.0 Å². The van der Waals surface area contributed by atoms with Crippen molar-refractivity contribution in [2.24, 2.45) is 4.99 Å². The third kappa shape index (κ3) is 3.79. The molecule has 0 spiro atoms. The second-order valence-corrected chi connectivity index (χ2v) is 8.79. The Bertz CT molecular complexity index is 1060. The Labute approximate surface area is 178 Å². The summed E-state index contributed by atoms with van der Waals surface area (Å²) in [5.74, 6) is 0.895. The summed E-state index contributed by atoms with van der Waals surface area (Å²) in [6.07, 6.45) is 13.7. The van der Waals surface area contributed by atoms with E-state index in [4.69, 9.17) is 0 Å². The van der Waals surface area contributed by atoms with Gasteiger partial charge in [0.15, 0.2) is 5.78 Å². The van der Waals surface area contributed by atoms with Crippen molar-refractivity contribution in [3.63, 3.8) is 0 Å². The Morgan fingerprint density at radius 1 is 1.10 bits per heavy atom. The lowest BCUT2D eigenvalue weighted by atomic mass is 9.84.